The highest BCUT2D eigenvalue weighted by atomic mass is 16.5. The van der Waals surface area contributed by atoms with Crippen molar-refractivity contribution in [1.29, 1.82) is 0 Å². The number of aromatic amines is 2. The lowest BCUT2D eigenvalue weighted by molar-refractivity contribution is -0.136. The first kappa shape index (κ1) is 42.4. The van der Waals surface area contributed by atoms with Crippen LogP contribution in [0.4, 0.5) is 9.59 Å². The van der Waals surface area contributed by atoms with Gasteiger partial charge in [-0.05, 0) is 77.1 Å². The maximum absolute atomic E-state index is 14.4. The fourth-order valence-electron chi connectivity index (χ4n) is 9.53. The number of aromatic nitrogens is 4. The summed E-state index contributed by atoms with van der Waals surface area (Å²) in [6.45, 7) is 5.64. The number of methoxy groups -OCH3 is 3. The molecular formula is C48H52N8O8. The van der Waals surface area contributed by atoms with Gasteiger partial charge in [-0.3, -0.25) is 9.59 Å². The number of hydrogen-bond acceptors (Lipinski definition) is 10. The Kier molecular flexibility index (Phi) is 11.7. The molecule has 5 heterocycles. The van der Waals surface area contributed by atoms with Gasteiger partial charge in [0.05, 0.1) is 55.8 Å². The summed E-state index contributed by atoms with van der Waals surface area (Å²) in [4.78, 5) is 73.1. The number of hydrogen-bond donors (Lipinski definition) is 4. The number of alkyl carbamates (subject to hydrolysis) is 2. The number of carbonyl (C=O) groups excluding carboxylic acids is 4. The number of ether oxygens (including phenoxy) is 4. The lowest BCUT2D eigenvalue weighted by atomic mass is 9.92. The molecule has 64 heavy (non-hydrogen) atoms. The number of benzene rings is 4. The van der Waals surface area contributed by atoms with Crippen LogP contribution in [0.15, 0.2) is 79.0 Å². The van der Waals surface area contributed by atoms with Crippen molar-refractivity contribution in [3.05, 3.63) is 102 Å². The molecule has 4 aromatic carbocycles. The van der Waals surface area contributed by atoms with Crippen molar-refractivity contribution in [1.82, 2.24) is 40.4 Å². The Labute approximate surface area is 370 Å². The predicted molar refractivity (Wildman–Crippen MR) is 238 cm³/mol. The SMILES string of the molecule is COC[C@H]1C[C@@H](c2nc3c(ccc4cc5c(cc43)OCc3cc(-c4cnc(C6CCCN6C(=O)[C@@H](NC(=O)OC)C(C)C)[nH]4)ccc3-5)[nH]2)N(C(=O)[C@H](NC(=O)OC)c2ccccc2)C1. The summed E-state index contributed by atoms with van der Waals surface area (Å²) >= 11 is 0. The number of likely N-dealkylation sites (tertiary alicyclic amines) is 2. The van der Waals surface area contributed by atoms with E-state index in [0.29, 0.717) is 49.9 Å². The zero-order valence-corrected chi connectivity index (χ0v) is 36.5. The minimum atomic E-state index is -0.954. The van der Waals surface area contributed by atoms with Crippen LogP contribution in [0.5, 0.6) is 5.75 Å². The van der Waals surface area contributed by atoms with E-state index >= 15 is 0 Å². The van der Waals surface area contributed by atoms with Crippen LogP contribution in [0.3, 0.4) is 0 Å². The molecule has 16 nitrogen and oxygen atoms in total. The van der Waals surface area contributed by atoms with Crippen LogP contribution in [0.1, 0.15) is 74.0 Å². The van der Waals surface area contributed by atoms with E-state index in [1.807, 2.05) is 56.3 Å². The third kappa shape index (κ3) is 7.97. The number of carbonyl (C=O) groups is 4. The summed E-state index contributed by atoms with van der Waals surface area (Å²) in [5.74, 6) is 1.62. The first-order valence-corrected chi connectivity index (χ1v) is 21.7. The zero-order chi connectivity index (χ0) is 44.6. The molecular weight excluding hydrogens is 817 g/mol. The first-order valence-electron chi connectivity index (χ1n) is 21.7. The van der Waals surface area contributed by atoms with Gasteiger partial charge in [-0.15, -0.1) is 0 Å². The maximum atomic E-state index is 14.4. The summed E-state index contributed by atoms with van der Waals surface area (Å²) < 4.78 is 21.7. The van der Waals surface area contributed by atoms with Gasteiger partial charge >= 0.3 is 12.2 Å². The van der Waals surface area contributed by atoms with Crippen LogP contribution >= 0.6 is 0 Å². The largest absolute Gasteiger partial charge is 0.488 e. The Morgan fingerprint density at radius 3 is 2.42 bits per heavy atom. The minimum absolute atomic E-state index is 0.0592. The number of amides is 4. The standard InChI is InChI=1S/C48H52N8O8/c1-26(2)40(53-47(59)62-4)45(57)55-17-9-12-37(55)43-49-22-36(51-43)30-13-15-32-31(19-30)25-64-39-21-33-29(20-34(32)39)14-16-35-42(33)52-44(50-35)38-18-27(24-61-3)23-56(38)46(58)41(54-48(60)63-5)28-10-7-6-8-11-28/h6-8,10-11,13-16,19-22,26-27,37-38,40-41H,9,12,17-18,23-25H2,1-5H3,(H,49,51)(H,50,52)(H,53,59)(H,54,60)/t27-,37?,38-,40-,41+/m0/s1. The molecule has 5 atom stereocenters. The number of fused-ring (bicyclic) bond motifs is 6. The molecule has 16 heteroatoms. The van der Waals surface area contributed by atoms with Crippen LogP contribution in [0, 0.1) is 11.8 Å². The summed E-state index contributed by atoms with van der Waals surface area (Å²) in [5.41, 5.74) is 7.10. The average molecular weight is 869 g/mol. The molecule has 2 fully saturated rings. The highest BCUT2D eigenvalue weighted by molar-refractivity contribution is 6.07. The lowest BCUT2D eigenvalue weighted by Gasteiger charge is -2.30. The normalized spacial score (nSPS) is 18.9. The number of nitrogens with zero attached hydrogens (tertiary/aromatic N) is 4. The maximum Gasteiger partial charge on any atom is 0.407 e. The molecule has 3 aliphatic rings. The second-order valence-electron chi connectivity index (χ2n) is 17.1. The summed E-state index contributed by atoms with van der Waals surface area (Å²) in [5, 5.41) is 7.36. The molecule has 0 spiro atoms. The van der Waals surface area contributed by atoms with Crippen LogP contribution in [-0.2, 0) is 30.4 Å². The summed E-state index contributed by atoms with van der Waals surface area (Å²) in [7, 11) is 4.22. The second kappa shape index (κ2) is 17.7. The highest BCUT2D eigenvalue weighted by Crippen LogP contribution is 2.44. The molecule has 3 aliphatic heterocycles. The molecule has 0 aliphatic carbocycles. The van der Waals surface area contributed by atoms with E-state index in [1.54, 1.807) is 23.1 Å². The van der Waals surface area contributed by atoms with Crippen LogP contribution < -0.4 is 15.4 Å². The monoisotopic (exact) mass is 868 g/mol. The van der Waals surface area contributed by atoms with E-state index < -0.39 is 30.3 Å². The second-order valence-corrected chi connectivity index (χ2v) is 17.1. The van der Waals surface area contributed by atoms with E-state index in [0.717, 1.165) is 68.3 Å². The Bertz CT molecular complexity index is 2730. The quantitative estimate of drug-likeness (QED) is 0.102. The summed E-state index contributed by atoms with van der Waals surface area (Å²) in [6.07, 6.45) is 2.69. The van der Waals surface area contributed by atoms with E-state index in [-0.39, 0.29) is 29.7 Å². The zero-order valence-electron chi connectivity index (χ0n) is 36.5. The smallest absolute Gasteiger partial charge is 0.407 e. The molecule has 0 radical (unpaired) electrons. The van der Waals surface area contributed by atoms with Gasteiger partial charge in [0.2, 0.25) is 5.91 Å². The Morgan fingerprint density at radius 1 is 0.859 bits per heavy atom. The van der Waals surface area contributed by atoms with Crippen LogP contribution in [-0.4, -0.2) is 101 Å². The van der Waals surface area contributed by atoms with Gasteiger partial charge in [0.25, 0.3) is 5.91 Å². The van der Waals surface area contributed by atoms with Crippen molar-refractivity contribution >= 4 is 45.8 Å². The molecule has 4 amide bonds. The number of rotatable bonds is 11. The third-order valence-electron chi connectivity index (χ3n) is 12.7. The molecule has 332 valence electrons. The van der Waals surface area contributed by atoms with E-state index in [4.69, 9.17) is 28.9 Å². The van der Waals surface area contributed by atoms with Crippen molar-refractivity contribution in [3.63, 3.8) is 0 Å². The molecule has 2 saturated heterocycles. The van der Waals surface area contributed by atoms with Gasteiger partial charge in [0.1, 0.15) is 36.1 Å². The molecule has 0 saturated carbocycles. The molecule has 1 unspecified atom stereocenters. The summed E-state index contributed by atoms with van der Waals surface area (Å²) in [6, 6.07) is 21.4. The van der Waals surface area contributed by atoms with E-state index in [1.165, 1.54) is 14.2 Å². The van der Waals surface area contributed by atoms with Gasteiger partial charge < -0.3 is 49.3 Å². The van der Waals surface area contributed by atoms with Gasteiger partial charge in [-0.2, -0.15) is 0 Å². The van der Waals surface area contributed by atoms with Crippen molar-refractivity contribution in [2.24, 2.45) is 11.8 Å². The van der Waals surface area contributed by atoms with Crippen molar-refractivity contribution in [2.45, 2.75) is 63.9 Å². The Balaban J connectivity index is 0.977. The van der Waals surface area contributed by atoms with E-state index in [2.05, 4.69) is 50.9 Å². The molecule has 0 bridgehead atoms. The third-order valence-corrected chi connectivity index (χ3v) is 12.7. The molecule has 6 aromatic rings. The minimum Gasteiger partial charge on any atom is -0.488 e. The van der Waals surface area contributed by atoms with Gasteiger partial charge in [-0.25, -0.2) is 19.6 Å². The van der Waals surface area contributed by atoms with Crippen molar-refractivity contribution < 1.29 is 38.1 Å². The van der Waals surface area contributed by atoms with E-state index in [9.17, 15) is 19.2 Å². The molecule has 2 aromatic heterocycles. The number of imidazole rings is 2. The van der Waals surface area contributed by atoms with Gasteiger partial charge in [-0.1, -0.05) is 62.4 Å². The van der Waals surface area contributed by atoms with Crippen molar-refractivity contribution in [3.8, 4) is 28.1 Å². The Morgan fingerprint density at radius 2 is 1.66 bits per heavy atom. The fraction of sp³-hybridized carbons (Fsp3) is 0.375. The molecule has 9 rings (SSSR count). The predicted octanol–water partition coefficient (Wildman–Crippen LogP) is 7.34. The van der Waals surface area contributed by atoms with Gasteiger partial charge in [0.15, 0.2) is 0 Å². The van der Waals surface area contributed by atoms with Crippen LogP contribution in [0.25, 0.3) is 44.2 Å². The van der Waals surface area contributed by atoms with Gasteiger partial charge in [0, 0.05) is 37.1 Å². The first-order chi connectivity index (χ1) is 31.0. The number of H-pyrrole nitrogens is 2. The lowest BCUT2D eigenvalue weighted by Crippen LogP contribution is -2.51. The average Bonchev–Trinajstić information content (AvgIpc) is 4.15. The topological polar surface area (TPSA) is 193 Å². The highest BCUT2D eigenvalue weighted by Gasteiger charge is 2.42. The fourth-order valence-corrected chi connectivity index (χ4v) is 9.53. The van der Waals surface area contributed by atoms with Crippen molar-refractivity contribution in [2.75, 3.05) is 41.0 Å². The Hall–Kier alpha value is -6.94. The molecule has 4 N–H and O–H groups in total. The number of nitrogens with one attached hydrogen (secondary N) is 4. The van der Waals surface area contributed by atoms with Crippen LogP contribution in [0.2, 0.25) is 0 Å².